The van der Waals surface area contributed by atoms with Crippen LogP contribution in [0.1, 0.15) is 6.92 Å². The Bertz CT molecular complexity index is 319. The van der Waals surface area contributed by atoms with Gasteiger partial charge in [-0.05, 0) is 36.8 Å². The molecule has 15 heavy (non-hydrogen) atoms. The second-order valence-corrected chi connectivity index (χ2v) is 2.66. The lowest BCUT2D eigenvalue weighted by molar-refractivity contribution is 0.368. The molecule has 0 aromatic carbocycles. The van der Waals surface area contributed by atoms with Gasteiger partial charge in [0.25, 0.3) is 0 Å². The van der Waals surface area contributed by atoms with E-state index >= 15 is 0 Å². The number of halogens is 1. The summed E-state index contributed by atoms with van der Waals surface area (Å²) in [6.45, 7) is 9.02. The molecule has 0 atom stereocenters. The molecule has 0 radical (unpaired) electrons. The summed E-state index contributed by atoms with van der Waals surface area (Å²) >= 11 is 0. The van der Waals surface area contributed by atoms with Crippen molar-refractivity contribution in [3.05, 3.63) is 73.5 Å². The number of rotatable bonds is 6. The molecular weight excluding hydrogens is 191 g/mol. The fourth-order valence-electron chi connectivity index (χ4n) is 0.748. The first kappa shape index (κ1) is 13.2. The van der Waals surface area contributed by atoms with Crippen LogP contribution in [0, 0.1) is 0 Å². The van der Waals surface area contributed by atoms with E-state index in [1.165, 1.54) is 24.5 Å². The fourth-order valence-corrected chi connectivity index (χ4v) is 0.748. The van der Waals surface area contributed by atoms with E-state index in [1.54, 1.807) is 12.2 Å². The van der Waals surface area contributed by atoms with Crippen molar-refractivity contribution in [2.45, 2.75) is 6.92 Å². The summed E-state index contributed by atoms with van der Waals surface area (Å²) < 4.78 is 16.9. The van der Waals surface area contributed by atoms with Gasteiger partial charge in [-0.1, -0.05) is 25.3 Å². The van der Waals surface area contributed by atoms with Crippen LogP contribution < -0.4 is 0 Å². The molecule has 0 saturated heterocycles. The van der Waals surface area contributed by atoms with Crippen LogP contribution in [0.25, 0.3) is 0 Å². The maximum atomic E-state index is 11.7. The Hall–Kier alpha value is -1.83. The lowest BCUT2D eigenvalue weighted by Crippen LogP contribution is -1.79. The molecular formula is C13H15FO. The van der Waals surface area contributed by atoms with Crippen LogP contribution in [0.2, 0.25) is 0 Å². The molecule has 0 fully saturated rings. The lowest BCUT2D eigenvalue weighted by atomic mass is 10.3. The normalized spacial score (nSPS) is 13.5. The van der Waals surface area contributed by atoms with Crippen molar-refractivity contribution >= 4 is 0 Å². The third kappa shape index (κ3) is 7.26. The maximum absolute atomic E-state index is 11.7. The van der Waals surface area contributed by atoms with E-state index < -0.39 is 0 Å². The minimum absolute atomic E-state index is 0.430. The Labute approximate surface area is 90.3 Å². The molecule has 0 aliphatic heterocycles. The Morgan fingerprint density at radius 2 is 2.00 bits per heavy atom. The van der Waals surface area contributed by atoms with Crippen molar-refractivity contribution in [2.24, 2.45) is 0 Å². The molecule has 0 bridgehead atoms. The molecule has 0 aromatic heterocycles. The molecule has 80 valence electrons. The molecule has 0 aliphatic carbocycles. The monoisotopic (exact) mass is 206 g/mol. The zero-order valence-electron chi connectivity index (χ0n) is 8.82. The van der Waals surface area contributed by atoms with Gasteiger partial charge in [0.15, 0.2) is 0 Å². The Morgan fingerprint density at radius 1 is 1.27 bits per heavy atom. The average Bonchev–Trinajstić information content (AvgIpc) is 2.23. The minimum Gasteiger partial charge on any atom is -0.465 e. The number of ether oxygens (including phenoxy) is 1. The van der Waals surface area contributed by atoms with E-state index in [4.69, 9.17) is 4.74 Å². The van der Waals surface area contributed by atoms with Gasteiger partial charge in [-0.15, -0.1) is 0 Å². The number of allylic oxidation sites excluding steroid dienone is 7. The highest BCUT2D eigenvalue weighted by molar-refractivity contribution is 5.21. The highest BCUT2D eigenvalue weighted by Crippen LogP contribution is 2.02. The first-order valence-electron chi connectivity index (χ1n) is 4.46. The number of hydrogen-bond donors (Lipinski definition) is 0. The quantitative estimate of drug-likeness (QED) is 0.467. The first-order valence-corrected chi connectivity index (χ1v) is 4.46. The Balaban J connectivity index is 4.29. The SMILES string of the molecule is C=C/C=C(C)\C=C\O/C(C=C)=C/C=C/F. The topological polar surface area (TPSA) is 9.23 Å². The molecule has 0 amide bonds. The van der Waals surface area contributed by atoms with Crippen LogP contribution in [-0.4, -0.2) is 0 Å². The number of hydrogen-bond acceptors (Lipinski definition) is 1. The molecule has 0 aliphatic rings. The summed E-state index contributed by atoms with van der Waals surface area (Å²) in [5.74, 6) is 0.478. The highest BCUT2D eigenvalue weighted by Gasteiger charge is 1.86. The van der Waals surface area contributed by atoms with Crippen LogP contribution in [0.3, 0.4) is 0 Å². The third-order valence-corrected chi connectivity index (χ3v) is 1.45. The Kier molecular flexibility index (Phi) is 7.69. The van der Waals surface area contributed by atoms with Gasteiger partial charge >= 0.3 is 0 Å². The van der Waals surface area contributed by atoms with Crippen molar-refractivity contribution < 1.29 is 9.13 Å². The lowest BCUT2D eigenvalue weighted by Gasteiger charge is -1.98. The molecule has 0 unspecified atom stereocenters. The van der Waals surface area contributed by atoms with Crippen LogP contribution in [-0.2, 0) is 4.74 Å². The summed E-state index contributed by atoms with van der Waals surface area (Å²) in [5, 5.41) is 0. The largest absolute Gasteiger partial charge is 0.465 e. The smallest absolute Gasteiger partial charge is 0.126 e. The van der Waals surface area contributed by atoms with Crippen molar-refractivity contribution in [3.63, 3.8) is 0 Å². The van der Waals surface area contributed by atoms with Gasteiger partial charge in [0.2, 0.25) is 0 Å². The van der Waals surface area contributed by atoms with E-state index in [2.05, 4.69) is 13.2 Å². The van der Waals surface area contributed by atoms with Gasteiger partial charge < -0.3 is 4.74 Å². The Morgan fingerprint density at radius 3 is 2.53 bits per heavy atom. The summed E-state index contributed by atoms with van der Waals surface area (Å²) in [6, 6.07) is 0. The zero-order chi connectivity index (χ0) is 11.5. The molecule has 0 N–H and O–H groups in total. The van der Waals surface area contributed by atoms with E-state index in [0.29, 0.717) is 12.1 Å². The summed E-state index contributed by atoms with van der Waals surface area (Å²) in [5.41, 5.74) is 1.01. The summed E-state index contributed by atoms with van der Waals surface area (Å²) in [7, 11) is 0. The third-order valence-electron chi connectivity index (χ3n) is 1.45. The second-order valence-electron chi connectivity index (χ2n) is 2.66. The molecule has 0 heterocycles. The van der Waals surface area contributed by atoms with Gasteiger partial charge in [-0.3, -0.25) is 0 Å². The second kappa shape index (κ2) is 8.75. The summed E-state index contributed by atoms with van der Waals surface area (Å²) in [6.07, 6.45) is 11.5. The predicted octanol–water partition coefficient (Wildman–Crippen LogP) is 4.20. The van der Waals surface area contributed by atoms with Gasteiger partial charge in [0, 0.05) is 0 Å². The van der Waals surface area contributed by atoms with E-state index in [1.807, 2.05) is 13.0 Å². The van der Waals surface area contributed by atoms with Crippen molar-refractivity contribution in [1.82, 2.24) is 0 Å². The van der Waals surface area contributed by atoms with Crippen molar-refractivity contribution in [1.29, 1.82) is 0 Å². The minimum atomic E-state index is 0.430. The van der Waals surface area contributed by atoms with Crippen LogP contribution in [0.4, 0.5) is 4.39 Å². The van der Waals surface area contributed by atoms with Crippen molar-refractivity contribution in [3.8, 4) is 0 Å². The maximum Gasteiger partial charge on any atom is 0.126 e. The van der Waals surface area contributed by atoms with Gasteiger partial charge in [0.05, 0.1) is 12.6 Å². The van der Waals surface area contributed by atoms with E-state index in [9.17, 15) is 4.39 Å². The van der Waals surface area contributed by atoms with Gasteiger partial charge in [-0.25, -0.2) is 4.39 Å². The molecule has 1 nitrogen and oxygen atoms in total. The zero-order valence-corrected chi connectivity index (χ0v) is 8.82. The van der Waals surface area contributed by atoms with Crippen LogP contribution in [0.5, 0.6) is 0 Å². The molecule has 2 heteroatoms. The van der Waals surface area contributed by atoms with E-state index in [0.717, 1.165) is 5.57 Å². The van der Waals surface area contributed by atoms with E-state index in [-0.39, 0.29) is 0 Å². The van der Waals surface area contributed by atoms with Gasteiger partial charge in [-0.2, -0.15) is 0 Å². The standard InChI is InChI=1S/C13H15FO/c1-4-7-12(3)9-11-15-13(5-2)8-6-10-14/h4-11H,1-2H2,3H3/b10-6+,11-9+,12-7-,13-8+. The molecule has 0 spiro atoms. The highest BCUT2D eigenvalue weighted by atomic mass is 19.1. The van der Waals surface area contributed by atoms with Gasteiger partial charge in [0.1, 0.15) is 5.76 Å². The molecule has 0 saturated carbocycles. The first-order chi connectivity index (χ1) is 7.24. The van der Waals surface area contributed by atoms with Crippen molar-refractivity contribution in [2.75, 3.05) is 0 Å². The predicted molar refractivity (Wildman–Crippen MR) is 62.7 cm³/mol. The molecule has 0 aromatic rings. The average molecular weight is 206 g/mol. The van der Waals surface area contributed by atoms with Crippen LogP contribution in [0.15, 0.2) is 73.5 Å². The van der Waals surface area contributed by atoms with Crippen LogP contribution >= 0.6 is 0 Å². The molecule has 0 rings (SSSR count). The summed E-state index contributed by atoms with van der Waals surface area (Å²) in [4.78, 5) is 0. The fraction of sp³-hybridized carbons (Fsp3) is 0.0769.